The molecule has 0 amide bonds. The van der Waals surface area contributed by atoms with E-state index in [-0.39, 0.29) is 0 Å². The van der Waals surface area contributed by atoms with E-state index in [1.807, 2.05) is 24.3 Å². The number of anilines is 6. The minimum atomic E-state index is 0.861. The maximum Gasteiger partial charge on any atom is 0.159 e. The van der Waals surface area contributed by atoms with E-state index in [0.717, 1.165) is 111 Å². The first kappa shape index (κ1) is 47.3. The highest BCUT2D eigenvalue weighted by atomic mass is 16.3. The molecule has 6 nitrogen and oxygen atoms in total. The van der Waals surface area contributed by atoms with Crippen LogP contribution in [-0.4, -0.2) is 8.80 Å². The average Bonchev–Trinajstić information content (AvgIpc) is 1.62. The Balaban J connectivity index is 0.766. The smallest absolute Gasteiger partial charge is 0.159 e. The summed E-state index contributed by atoms with van der Waals surface area (Å²) in [6, 6.07) is 95.7. The van der Waals surface area contributed by atoms with Gasteiger partial charge in [-0.1, -0.05) is 189 Å². The third kappa shape index (κ3) is 6.82. The number of aryl methyl sites for hydroxylation is 1. The molecule has 0 saturated carbocycles. The van der Waals surface area contributed by atoms with Crippen LogP contribution in [0.2, 0.25) is 0 Å². The normalized spacial score (nSPS) is 12.4. The second-order valence-corrected chi connectivity index (χ2v) is 22.4. The van der Waals surface area contributed by atoms with Crippen LogP contribution >= 0.6 is 0 Å². The molecule has 0 unspecified atom stereocenters. The molecule has 0 N–H and O–H groups in total. The van der Waals surface area contributed by atoms with Gasteiger partial charge in [0, 0.05) is 93.1 Å². The number of aromatic nitrogens is 2. The number of rotatable bonds is 9. The van der Waals surface area contributed by atoms with E-state index < -0.39 is 0 Å². The molecule has 0 spiro atoms. The number of fused-ring (bicyclic) bond motifs is 12. The van der Waals surface area contributed by atoms with Crippen molar-refractivity contribution in [2.45, 2.75) is 6.92 Å². The lowest BCUT2D eigenvalue weighted by Gasteiger charge is -2.25. The Morgan fingerprint density at radius 2 is 0.765 bits per heavy atom. The monoisotopic (exact) mass is 1090 g/mol. The zero-order valence-electron chi connectivity index (χ0n) is 46.3. The summed E-state index contributed by atoms with van der Waals surface area (Å²) < 4.78 is 18.2. The molecule has 0 fully saturated rings. The van der Waals surface area contributed by atoms with Crippen molar-refractivity contribution in [1.29, 1.82) is 0 Å². The predicted octanol–water partition coefficient (Wildman–Crippen LogP) is 20.3. The molecule has 6 heteroatoms. The highest BCUT2D eigenvalue weighted by molar-refractivity contribution is 6.23. The Morgan fingerprint density at radius 1 is 0.353 bits per heavy atom. The lowest BCUT2D eigenvalue weighted by Crippen LogP contribution is -2.24. The van der Waals surface area contributed by atoms with E-state index >= 15 is 0 Å². The van der Waals surface area contributed by atoms with Crippen molar-refractivity contribution in [3.8, 4) is 22.3 Å². The fraction of sp³-hybridized carbons (Fsp3) is 0.0127. The van der Waals surface area contributed by atoms with E-state index in [1.54, 1.807) is 0 Å². The van der Waals surface area contributed by atoms with Gasteiger partial charge in [-0.25, -0.2) is 0 Å². The lowest BCUT2D eigenvalue weighted by atomic mass is 9.96. The number of para-hydroxylation sites is 8. The molecule has 18 aromatic rings. The molecule has 85 heavy (non-hydrogen) atoms. The van der Waals surface area contributed by atoms with Crippen molar-refractivity contribution >= 4 is 145 Å². The van der Waals surface area contributed by atoms with Crippen LogP contribution in [0.25, 0.3) is 133 Å². The molecule has 0 radical (unpaired) electrons. The molecular formula is C79H50N4O2. The first-order valence-electron chi connectivity index (χ1n) is 29.0. The maximum atomic E-state index is 6.63. The molecular weight excluding hydrogens is 1040 g/mol. The number of nitrogens with zero attached hydrogens (tertiary/aromatic N) is 4. The first-order chi connectivity index (χ1) is 42.0. The topological polar surface area (TPSA) is 41.6 Å². The average molecular weight is 1090 g/mol. The molecule has 0 aliphatic rings. The lowest BCUT2D eigenvalue weighted by molar-refractivity contribution is 0.668. The molecule has 0 bridgehead atoms. The number of hydrogen-bond donors (Lipinski definition) is 0. The van der Waals surface area contributed by atoms with Crippen LogP contribution in [0.4, 0.5) is 34.1 Å². The fourth-order valence-electron chi connectivity index (χ4n) is 14.2. The Kier molecular flexibility index (Phi) is 10.1. The summed E-state index contributed by atoms with van der Waals surface area (Å²) >= 11 is 0. The van der Waals surface area contributed by atoms with Gasteiger partial charge < -0.3 is 27.4 Å². The van der Waals surface area contributed by atoms with Gasteiger partial charge in [0.1, 0.15) is 11.2 Å². The van der Waals surface area contributed by atoms with Crippen molar-refractivity contribution < 1.29 is 8.83 Å². The Hall–Kier alpha value is -11.3. The van der Waals surface area contributed by atoms with Crippen molar-refractivity contribution in [1.82, 2.24) is 8.80 Å². The van der Waals surface area contributed by atoms with E-state index in [0.29, 0.717) is 0 Å². The van der Waals surface area contributed by atoms with E-state index in [2.05, 4.69) is 274 Å². The third-order valence-corrected chi connectivity index (χ3v) is 18.0. The van der Waals surface area contributed by atoms with Crippen LogP contribution in [-0.2, 0) is 0 Å². The summed E-state index contributed by atoms with van der Waals surface area (Å²) in [6.07, 6.45) is 2.41. The molecule has 6 aromatic heterocycles. The van der Waals surface area contributed by atoms with Gasteiger partial charge in [-0.2, -0.15) is 0 Å². The molecule has 12 aromatic carbocycles. The van der Waals surface area contributed by atoms with Crippen LogP contribution < -0.4 is 20.4 Å². The first-order valence-corrected chi connectivity index (χ1v) is 29.0. The molecule has 0 aliphatic heterocycles. The molecule has 6 heterocycles. The van der Waals surface area contributed by atoms with Crippen molar-refractivity contribution in [2.24, 2.45) is 0 Å². The second kappa shape index (κ2) is 18.1. The molecule has 398 valence electrons. The molecule has 0 atom stereocenters. The summed E-state index contributed by atoms with van der Waals surface area (Å²) in [7, 11) is 0. The number of furan rings is 2. The minimum Gasteiger partial charge on any atom is -0.454 e. The minimum absolute atomic E-state index is 0.861. The quantitative estimate of drug-likeness (QED) is 0.144. The largest absolute Gasteiger partial charge is 0.454 e. The Morgan fingerprint density at radius 3 is 1.28 bits per heavy atom. The summed E-state index contributed by atoms with van der Waals surface area (Å²) in [5, 5.41) is 13.8. The summed E-state index contributed by atoms with van der Waals surface area (Å²) in [5.41, 5.74) is 21.5. The number of hydrogen-bond acceptors (Lipinski definition) is 4. The Bertz CT molecular complexity index is 5810. The molecule has 0 aliphatic carbocycles. The number of benzene rings is 12. The molecule has 18 rings (SSSR count). The van der Waals surface area contributed by atoms with Crippen LogP contribution in [0.5, 0.6) is 0 Å². The van der Waals surface area contributed by atoms with E-state index in [1.165, 1.54) is 65.9 Å². The highest BCUT2D eigenvalue weighted by Crippen LogP contribution is 2.48. The van der Waals surface area contributed by atoms with Crippen LogP contribution in [0.15, 0.2) is 276 Å². The van der Waals surface area contributed by atoms with Crippen LogP contribution in [0, 0.1) is 6.92 Å². The second-order valence-electron chi connectivity index (χ2n) is 22.4. The third-order valence-electron chi connectivity index (χ3n) is 18.0. The standard InChI is InChI=1S/C79H50N4O2/c1-48-56-43-44-57(50-35-39-54(40-36-50)81(52-19-5-3-6-20-52)69-31-17-27-62-59-23-11-15-33-72(59)84-78(62)69)74-65-26-10-14-30-68(65)83(76(56)74)71(48)47-66-49(2)80-67-29-13-9-25-64(67)75-58(45-46-61(66)77(75)80)51-37-41-55(42-38-51)82(53-21-7-4-8-22-53)70-32-18-28-63-60-24-12-16-34-73(60)85-79(63)70/h3-47H,1H2,2H3/b71-47+. The van der Waals surface area contributed by atoms with Gasteiger partial charge in [0.25, 0.3) is 0 Å². The zero-order valence-corrected chi connectivity index (χ0v) is 46.3. The van der Waals surface area contributed by atoms with Gasteiger partial charge in [-0.3, -0.25) is 0 Å². The highest BCUT2D eigenvalue weighted by Gasteiger charge is 2.26. The predicted molar refractivity (Wildman–Crippen MR) is 355 cm³/mol. The van der Waals surface area contributed by atoms with E-state index in [9.17, 15) is 0 Å². The summed E-state index contributed by atoms with van der Waals surface area (Å²) in [5.74, 6) is 0. The summed E-state index contributed by atoms with van der Waals surface area (Å²) in [6.45, 7) is 7.16. The van der Waals surface area contributed by atoms with Gasteiger partial charge in [0.2, 0.25) is 0 Å². The molecule has 0 saturated heterocycles. The van der Waals surface area contributed by atoms with E-state index in [4.69, 9.17) is 15.4 Å². The van der Waals surface area contributed by atoms with Gasteiger partial charge in [-0.15, -0.1) is 0 Å². The summed E-state index contributed by atoms with van der Waals surface area (Å²) in [4.78, 5) is 4.61. The van der Waals surface area contributed by atoms with Gasteiger partial charge in [-0.05, 0) is 120 Å². The fourth-order valence-corrected chi connectivity index (χ4v) is 14.2. The SMILES string of the molecule is C=c1/c(=C\c2c(C)n3c4ccccc4c4c(-c5ccc(N(c6ccccc6)c6cccc7c6oc6ccccc67)cc5)ccc2c43)n2c3ccccc3c3c(-c4ccc(N(c5ccccc5)c5cccc6c5oc5ccccc56)cc4)ccc1c32. The maximum absolute atomic E-state index is 6.63. The zero-order chi connectivity index (χ0) is 56.0. The van der Waals surface area contributed by atoms with Gasteiger partial charge in [0.15, 0.2) is 11.2 Å². The van der Waals surface area contributed by atoms with Crippen LogP contribution in [0.1, 0.15) is 11.3 Å². The van der Waals surface area contributed by atoms with Crippen molar-refractivity contribution in [3.05, 3.63) is 289 Å². The Labute approximate surface area is 487 Å². The van der Waals surface area contributed by atoms with Gasteiger partial charge in [0.05, 0.1) is 38.8 Å². The van der Waals surface area contributed by atoms with Crippen molar-refractivity contribution in [3.63, 3.8) is 0 Å². The van der Waals surface area contributed by atoms with Crippen LogP contribution in [0.3, 0.4) is 0 Å². The van der Waals surface area contributed by atoms with Crippen molar-refractivity contribution in [2.75, 3.05) is 9.80 Å². The van der Waals surface area contributed by atoms with Gasteiger partial charge >= 0.3 is 0 Å².